The first kappa shape index (κ1) is 20.9. The summed E-state index contributed by atoms with van der Waals surface area (Å²) in [6.07, 6.45) is 1.47. The minimum absolute atomic E-state index is 0.0883. The molecule has 0 atom stereocenters. The van der Waals surface area contributed by atoms with Gasteiger partial charge in [-0.1, -0.05) is 11.2 Å². The maximum Gasteiger partial charge on any atom is 0.246 e. The summed E-state index contributed by atoms with van der Waals surface area (Å²) in [4.78, 5) is 17.1. The van der Waals surface area contributed by atoms with E-state index < -0.39 is 15.8 Å². The van der Waals surface area contributed by atoms with Crippen molar-refractivity contribution in [1.29, 1.82) is 0 Å². The molecule has 0 bridgehead atoms. The Morgan fingerprint density at radius 3 is 2.69 bits per heavy atom. The zero-order valence-corrected chi connectivity index (χ0v) is 17.2. The van der Waals surface area contributed by atoms with Crippen LogP contribution in [0.25, 0.3) is 10.7 Å². The fraction of sp³-hybridized carbons (Fsp3) is 0.278. The van der Waals surface area contributed by atoms with E-state index >= 15 is 0 Å². The lowest BCUT2D eigenvalue weighted by Crippen LogP contribution is -2.32. The molecular weight excluding hydrogens is 419 g/mol. The van der Waals surface area contributed by atoms with Crippen molar-refractivity contribution in [2.45, 2.75) is 19.4 Å². The third-order valence-corrected chi connectivity index (χ3v) is 5.99. The molecule has 0 aliphatic carbocycles. The minimum Gasteiger partial charge on any atom is -0.347 e. The molecular formula is C18H19FN4O4S2. The standard InChI is InChI=1S/C18H19FN4O4S2/c1-29(25,26)23(14-8-6-13(19)7-9-14)10-2-5-16(24)20-12-17-21-18(22-27-17)15-4-3-11-28-15/h3-4,6-9,11H,2,5,10,12H2,1H3,(H,20,24). The number of hydrogen-bond donors (Lipinski definition) is 1. The SMILES string of the molecule is CS(=O)(=O)N(CCCC(=O)NCc1nc(-c2cccs2)no1)c1ccc(F)cc1. The Bertz CT molecular complexity index is 1050. The number of benzene rings is 1. The van der Waals surface area contributed by atoms with Gasteiger partial charge < -0.3 is 9.84 Å². The molecule has 0 aliphatic rings. The number of aromatic nitrogens is 2. The van der Waals surface area contributed by atoms with Gasteiger partial charge in [-0.3, -0.25) is 9.10 Å². The summed E-state index contributed by atoms with van der Waals surface area (Å²) >= 11 is 1.48. The first-order valence-corrected chi connectivity index (χ1v) is 11.4. The van der Waals surface area contributed by atoms with E-state index in [4.69, 9.17) is 4.52 Å². The minimum atomic E-state index is -3.56. The molecule has 0 radical (unpaired) electrons. The summed E-state index contributed by atoms with van der Waals surface area (Å²) in [7, 11) is -3.56. The van der Waals surface area contributed by atoms with E-state index in [0.29, 0.717) is 17.9 Å². The monoisotopic (exact) mass is 438 g/mol. The third kappa shape index (κ3) is 5.84. The molecule has 154 valence electrons. The van der Waals surface area contributed by atoms with E-state index in [0.717, 1.165) is 15.4 Å². The summed E-state index contributed by atoms with van der Waals surface area (Å²) < 4.78 is 43.3. The van der Waals surface area contributed by atoms with Gasteiger partial charge in [-0.05, 0) is 42.1 Å². The fourth-order valence-electron chi connectivity index (χ4n) is 2.57. The molecule has 0 fully saturated rings. The molecule has 1 N–H and O–H groups in total. The predicted molar refractivity (Wildman–Crippen MR) is 107 cm³/mol. The number of rotatable bonds is 9. The van der Waals surface area contributed by atoms with Gasteiger partial charge in [-0.25, -0.2) is 12.8 Å². The van der Waals surface area contributed by atoms with Crippen molar-refractivity contribution in [2.75, 3.05) is 17.1 Å². The molecule has 29 heavy (non-hydrogen) atoms. The highest BCUT2D eigenvalue weighted by Gasteiger charge is 2.18. The van der Waals surface area contributed by atoms with Gasteiger partial charge in [0.25, 0.3) is 0 Å². The molecule has 3 rings (SSSR count). The second-order valence-electron chi connectivity index (χ2n) is 6.18. The van der Waals surface area contributed by atoms with E-state index in [9.17, 15) is 17.6 Å². The normalized spacial score (nSPS) is 11.4. The average Bonchev–Trinajstić information content (AvgIpc) is 3.35. The molecule has 1 amide bonds. The molecule has 0 spiro atoms. The highest BCUT2D eigenvalue weighted by molar-refractivity contribution is 7.92. The van der Waals surface area contributed by atoms with Crippen molar-refractivity contribution in [1.82, 2.24) is 15.5 Å². The lowest BCUT2D eigenvalue weighted by molar-refractivity contribution is -0.121. The molecule has 8 nitrogen and oxygen atoms in total. The Morgan fingerprint density at radius 2 is 2.03 bits per heavy atom. The van der Waals surface area contributed by atoms with Crippen LogP contribution in [-0.2, 0) is 21.4 Å². The van der Waals surface area contributed by atoms with E-state index in [1.807, 2.05) is 17.5 Å². The quantitative estimate of drug-likeness (QED) is 0.551. The molecule has 0 saturated heterocycles. The van der Waals surface area contributed by atoms with Crippen LogP contribution in [0.5, 0.6) is 0 Å². The number of amides is 1. The number of anilines is 1. The molecule has 2 aromatic heterocycles. The van der Waals surface area contributed by atoms with Crippen LogP contribution in [0, 0.1) is 5.82 Å². The summed E-state index contributed by atoms with van der Waals surface area (Å²) in [5, 5.41) is 8.43. The molecule has 3 aromatic rings. The Hall–Kier alpha value is -2.79. The zero-order chi connectivity index (χ0) is 20.9. The Labute approximate surface area is 171 Å². The second-order valence-corrected chi connectivity index (χ2v) is 9.04. The first-order valence-electron chi connectivity index (χ1n) is 8.69. The smallest absolute Gasteiger partial charge is 0.246 e. The van der Waals surface area contributed by atoms with Gasteiger partial charge in [-0.2, -0.15) is 4.98 Å². The van der Waals surface area contributed by atoms with E-state index in [1.54, 1.807) is 0 Å². The maximum absolute atomic E-state index is 13.1. The number of carbonyl (C=O) groups is 1. The first-order chi connectivity index (χ1) is 13.8. The molecule has 0 saturated carbocycles. The average molecular weight is 439 g/mol. The van der Waals surface area contributed by atoms with Gasteiger partial charge in [0.15, 0.2) is 0 Å². The third-order valence-electron chi connectivity index (χ3n) is 3.93. The van der Waals surface area contributed by atoms with E-state index in [-0.39, 0.29) is 31.3 Å². The van der Waals surface area contributed by atoms with Crippen LogP contribution < -0.4 is 9.62 Å². The van der Waals surface area contributed by atoms with Crippen LogP contribution in [0.1, 0.15) is 18.7 Å². The Morgan fingerprint density at radius 1 is 1.28 bits per heavy atom. The van der Waals surface area contributed by atoms with Crippen molar-refractivity contribution >= 4 is 33.0 Å². The summed E-state index contributed by atoms with van der Waals surface area (Å²) in [6, 6.07) is 8.90. The number of halogens is 1. The fourth-order valence-corrected chi connectivity index (χ4v) is 4.19. The molecule has 0 aliphatic heterocycles. The van der Waals surface area contributed by atoms with Gasteiger partial charge in [0.05, 0.1) is 23.4 Å². The van der Waals surface area contributed by atoms with Crippen LogP contribution >= 0.6 is 11.3 Å². The predicted octanol–water partition coefficient (Wildman–Crippen LogP) is 2.80. The van der Waals surface area contributed by atoms with Crippen LogP contribution in [-0.4, -0.2) is 37.3 Å². The van der Waals surface area contributed by atoms with Crippen LogP contribution in [0.2, 0.25) is 0 Å². The highest BCUT2D eigenvalue weighted by atomic mass is 32.2. The van der Waals surface area contributed by atoms with E-state index in [1.165, 1.54) is 35.6 Å². The van der Waals surface area contributed by atoms with Crippen LogP contribution in [0.4, 0.5) is 10.1 Å². The molecule has 1 aromatic carbocycles. The molecule has 11 heteroatoms. The number of thiophene rings is 1. The number of nitrogens with one attached hydrogen (secondary N) is 1. The largest absolute Gasteiger partial charge is 0.347 e. The van der Waals surface area contributed by atoms with Crippen molar-refractivity contribution in [3.63, 3.8) is 0 Å². The summed E-state index contributed by atoms with van der Waals surface area (Å²) in [5.74, 6) is 0.0245. The molecule has 2 heterocycles. The van der Waals surface area contributed by atoms with Crippen molar-refractivity contribution in [2.24, 2.45) is 0 Å². The van der Waals surface area contributed by atoms with Crippen molar-refractivity contribution < 1.29 is 22.1 Å². The van der Waals surface area contributed by atoms with Gasteiger partial charge in [0.1, 0.15) is 5.82 Å². The highest BCUT2D eigenvalue weighted by Crippen LogP contribution is 2.21. The van der Waals surface area contributed by atoms with E-state index in [2.05, 4.69) is 15.5 Å². The van der Waals surface area contributed by atoms with Crippen molar-refractivity contribution in [3.8, 4) is 10.7 Å². The van der Waals surface area contributed by atoms with Crippen LogP contribution in [0.3, 0.4) is 0 Å². The number of carbonyl (C=O) groups excluding carboxylic acids is 1. The topological polar surface area (TPSA) is 105 Å². The lowest BCUT2D eigenvalue weighted by atomic mass is 10.2. The van der Waals surface area contributed by atoms with Crippen molar-refractivity contribution in [3.05, 3.63) is 53.5 Å². The maximum atomic E-state index is 13.1. The van der Waals surface area contributed by atoms with Gasteiger partial charge in [0, 0.05) is 13.0 Å². The zero-order valence-electron chi connectivity index (χ0n) is 15.5. The summed E-state index contributed by atoms with van der Waals surface area (Å²) in [5.41, 5.74) is 0.348. The molecule has 0 unspecified atom stereocenters. The lowest BCUT2D eigenvalue weighted by Gasteiger charge is -2.22. The Balaban J connectivity index is 1.49. The number of nitrogens with zero attached hydrogens (tertiary/aromatic N) is 3. The Kier molecular flexibility index (Phi) is 6.60. The van der Waals surface area contributed by atoms with Gasteiger partial charge in [-0.15, -0.1) is 11.3 Å². The second kappa shape index (κ2) is 9.14. The summed E-state index contributed by atoms with van der Waals surface area (Å²) in [6.45, 7) is 0.186. The van der Waals surface area contributed by atoms with Gasteiger partial charge in [0.2, 0.25) is 27.6 Å². The number of hydrogen-bond acceptors (Lipinski definition) is 7. The van der Waals surface area contributed by atoms with Crippen LogP contribution in [0.15, 0.2) is 46.3 Å². The number of sulfonamides is 1. The van der Waals surface area contributed by atoms with Gasteiger partial charge >= 0.3 is 0 Å².